The fourth-order valence-corrected chi connectivity index (χ4v) is 1.80. The number of hydrogen-bond donors (Lipinski definition) is 1. The minimum Gasteiger partial charge on any atom is -0.356 e. The van der Waals surface area contributed by atoms with Crippen LogP contribution in [-0.4, -0.2) is 12.5 Å². The molecule has 86 valence electrons. The van der Waals surface area contributed by atoms with Crippen LogP contribution in [0.3, 0.4) is 0 Å². The summed E-state index contributed by atoms with van der Waals surface area (Å²) in [4.78, 5) is 11.5. The van der Waals surface area contributed by atoms with Crippen molar-refractivity contribution in [3.63, 3.8) is 0 Å². The van der Waals surface area contributed by atoms with Gasteiger partial charge in [0.15, 0.2) is 0 Å². The topological polar surface area (TPSA) is 29.1 Å². The molecular weight excluding hydrogens is 266 g/mol. The van der Waals surface area contributed by atoms with Gasteiger partial charge < -0.3 is 5.32 Å². The number of carbonyl (C=O) groups is 1. The molecule has 0 saturated heterocycles. The highest BCUT2D eigenvalue weighted by atomic mass is 79.9. The van der Waals surface area contributed by atoms with Gasteiger partial charge in [-0.3, -0.25) is 4.79 Å². The van der Waals surface area contributed by atoms with Crippen molar-refractivity contribution in [3.05, 3.63) is 46.5 Å². The van der Waals surface area contributed by atoms with E-state index in [9.17, 15) is 4.79 Å². The molecule has 0 aromatic heterocycles. The van der Waals surface area contributed by atoms with Gasteiger partial charge in [-0.2, -0.15) is 0 Å². The maximum atomic E-state index is 11.5. The average Bonchev–Trinajstić information content (AvgIpc) is 2.24. The Morgan fingerprint density at radius 2 is 2.31 bits per heavy atom. The molecular formula is C13H16BrNO. The molecule has 1 aromatic rings. The highest BCUT2D eigenvalue weighted by Gasteiger charge is 2.02. The van der Waals surface area contributed by atoms with E-state index in [1.165, 1.54) is 0 Å². The van der Waals surface area contributed by atoms with Gasteiger partial charge in [-0.05, 0) is 31.0 Å². The van der Waals surface area contributed by atoms with E-state index in [4.69, 9.17) is 0 Å². The molecule has 2 nitrogen and oxygen atoms in total. The number of nitrogens with one attached hydrogen (secondary N) is 1. The maximum absolute atomic E-state index is 11.5. The zero-order chi connectivity index (χ0) is 11.8. The molecule has 0 atom stereocenters. The highest BCUT2D eigenvalue weighted by Crippen LogP contribution is 2.11. The van der Waals surface area contributed by atoms with Crippen LogP contribution in [0.5, 0.6) is 0 Å². The molecule has 1 N–H and O–H groups in total. The van der Waals surface area contributed by atoms with Crippen molar-refractivity contribution in [3.8, 4) is 0 Å². The van der Waals surface area contributed by atoms with Crippen LogP contribution >= 0.6 is 15.9 Å². The maximum Gasteiger partial charge on any atom is 0.224 e. The Morgan fingerprint density at radius 3 is 3.00 bits per heavy atom. The van der Waals surface area contributed by atoms with Gasteiger partial charge in [0.1, 0.15) is 0 Å². The lowest BCUT2D eigenvalue weighted by atomic mass is 10.1. The molecule has 0 spiro atoms. The van der Waals surface area contributed by atoms with Crippen molar-refractivity contribution in [1.82, 2.24) is 5.32 Å². The lowest BCUT2D eigenvalue weighted by molar-refractivity contribution is -0.120. The van der Waals surface area contributed by atoms with Crippen LogP contribution in [0.2, 0.25) is 0 Å². The summed E-state index contributed by atoms with van der Waals surface area (Å²) in [6.45, 7) is 2.68. The summed E-state index contributed by atoms with van der Waals surface area (Å²) in [7, 11) is 0. The first-order chi connectivity index (χ1) is 7.72. The number of benzene rings is 1. The van der Waals surface area contributed by atoms with Crippen LogP contribution in [-0.2, 0) is 11.2 Å². The Kier molecular flexibility index (Phi) is 5.86. The number of halogens is 1. The normalized spacial score (nSPS) is 10.6. The monoisotopic (exact) mass is 281 g/mol. The van der Waals surface area contributed by atoms with Crippen molar-refractivity contribution in [2.24, 2.45) is 0 Å². The van der Waals surface area contributed by atoms with Crippen molar-refractivity contribution in [1.29, 1.82) is 0 Å². The Bertz CT molecular complexity index is 374. The van der Waals surface area contributed by atoms with Gasteiger partial charge in [0.2, 0.25) is 5.91 Å². The van der Waals surface area contributed by atoms with E-state index in [0.29, 0.717) is 13.0 Å². The van der Waals surface area contributed by atoms with Crippen molar-refractivity contribution in [2.45, 2.75) is 19.8 Å². The van der Waals surface area contributed by atoms with Crippen molar-refractivity contribution < 1.29 is 4.79 Å². The molecule has 0 bridgehead atoms. The van der Waals surface area contributed by atoms with Gasteiger partial charge in [-0.15, -0.1) is 0 Å². The number of rotatable bonds is 5. The van der Waals surface area contributed by atoms with Crippen LogP contribution < -0.4 is 5.32 Å². The third-order valence-corrected chi connectivity index (χ3v) is 2.62. The predicted octanol–water partition coefficient (Wildman–Crippen LogP) is 3.07. The molecule has 0 fully saturated rings. The van der Waals surface area contributed by atoms with Crippen LogP contribution in [0, 0.1) is 0 Å². The Morgan fingerprint density at radius 1 is 1.50 bits per heavy atom. The number of carbonyl (C=O) groups excluding carboxylic acids is 1. The molecule has 1 amide bonds. The zero-order valence-corrected chi connectivity index (χ0v) is 11.0. The molecule has 3 heteroatoms. The fourth-order valence-electron chi connectivity index (χ4n) is 1.36. The molecule has 0 aliphatic rings. The lowest BCUT2D eigenvalue weighted by Crippen LogP contribution is -2.25. The number of amides is 1. The number of allylic oxidation sites excluding steroid dienone is 1. The molecule has 0 saturated carbocycles. The summed E-state index contributed by atoms with van der Waals surface area (Å²) in [6.07, 6.45) is 5.36. The predicted molar refractivity (Wildman–Crippen MR) is 70.3 cm³/mol. The van der Waals surface area contributed by atoms with E-state index in [2.05, 4.69) is 21.2 Å². The molecule has 1 rings (SSSR count). The van der Waals surface area contributed by atoms with Gasteiger partial charge in [-0.1, -0.05) is 40.2 Å². The van der Waals surface area contributed by atoms with Gasteiger partial charge in [-0.25, -0.2) is 0 Å². The SMILES string of the molecule is C/C=C/CCNC(=O)Cc1cccc(Br)c1. The van der Waals surface area contributed by atoms with E-state index < -0.39 is 0 Å². The van der Waals surface area contributed by atoms with Crippen LogP contribution in [0.4, 0.5) is 0 Å². The molecule has 0 heterocycles. The van der Waals surface area contributed by atoms with E-state index >= 15 is 0 Å². The molecule has 0 radical (unpaired) electrons. The van der Waals surface area contributed by atoms with E-state index in [1.807, 2.05) is 43.3 Å². The quantitative estimate of drug-likeness (QED) is 0.652. The summed E-state index contributed by atoms with van der Waals surface area (Å²) >= 11 is 3.38. The van der Waals surface area contributed by atoms with E-state index in [0.717, 1.165) is 16.5 Å². The van der Waals surface area contributed by atoms with Gasteiger partial charge in [0.25, 0.3) is 0 Å². The van der Waals surface area contributed by atoms with E-state index in [-0.39, 0.29) is 5.91 Å². The second-order valence-electron chi connectivity index (χ2n) is 3.51. The van der Waals surface area contributed by atoms with Gasteiger partial charge >= 0.3 is 0 Å². The molecule has 0 unspecified atom stereocenters. The third kappa shape index (κ3) is 5.12. The second-order valence-corrected chi connectivity index (χ2v) is 4.43. The van der Waals surface area contributed by atoms with Crippen molar-refractivity contribution >= 4 is 21.8 Å². The van der Waals surface area contributed by atoms with Crippen LogP contribution in [0.25, 0.3) is 0 Å². The largest absolute Gasteiger partial charge is 0.356 e. The minimum absolute atomic E-state index is 0.0719. The molecule has 0 aliphatic carbocycles. The second kappa shape index (κ2) is 7.23. The fraction of sp³-hybridized carbons (Fsp3) is 0.308. The standard InChI is InChI=1S/C13H16BrNO/c1-2-3-4-8-15-13(16)10-11-6-5-7-12(14)9-11/h2-3,5-7,9H,4,8,10H2,1H3,(H,15,16)/b3-2+. The summed E-state index contributed by atoms with van der Waals surface area (Å²) in [5.41, 5.74) is 1.03. The first kappa shape index (κ1) is 13.0. The summed E-state index contributed by atoms with van der Waals surface area (Å²) in [6, 6.07) is 7.81. The highest BCUT2D eigenvalue weighted by molar-refractivity contribution is 9.10. The first-order valence-electron chi connectivity index (χ1n) is 5.34. The molecule has 0 aliphatic heterocycles. The van der Waals surface area contributed by atoms with E-state index in [1.54, 1.807) is 0 Å². The van der Waals surface area contributed by atoms with Gasteiger partial charge in [0.05, 0.1) is 6.42 Å². The molecule has 1 aromatic carbocycles. The van der Waals surface area contributed by atoms with Crippen LogP contribution in [0.15, 0.2) is 40.9 Å². The lowest BCUT2D eigenvalue weighted by Gasteiger charge is -2.03. The Hall–Kier alpha value is -1.09. The number of hydrogen-bond acceptors (Lipinski definition) is 1. The first-order valence-corrected chi connectivity index (χ1v) is 6.14. The summed E-state index contributed by atoms with van der Waals surface area (Å²) in [5, 5.41) is 2.88. The third-order valence-electron chi connectivity index (χ3n) is 2.12. The zero-order valence-electron chi connectivity index (χ0n) is 9.37. The Balaban J connectivity index is 2.34. The van der Waals surface area contributed by atoms with Crippen LogP contribution in [0.1, 0.15) is 18.9 Å². The summed E-state index contributed by atoms with van der Waals surface area (Å²) in [5.74, 6) is 0.0719. The van der Waals surface area contributed by atoms with Crippen molar-refractivity contribution in [2.75, 3.05) is 6.54 Å². The minimum atomic E-state index is 0.0719. The smallest absolute Gasteiger partial charge is 0.224 e. The Labute approximate surface area is 105 Å². The van der Waals surface area contributed by atoms with Gasteiger partial charge in [0, 0.05) is 11.0 Å². The average molecular weight is 282 g/mol. The molecule has 16 heavy (non-hydrogen) atoms. The summed E-state index contributed by atoms with van der Waals surface area (Å²) < 4.78 is 1.01.